The maximum atomic E-state index is 11.1. The molecule has 5 heteroatoms. The Bertz CT molecular complexity index is 228. The van der Waals surface area contributed by atoms with Gasteiger partial charge < -0.3 is 10.2 Å². The van der Waals surface area contributed by atoms with Crippen molar-refractivity contribution < 1.29 is 19.8 Å². The van der Waals surface area contributed by atoms with Crippen LogP contribution < -0.4 is 0 Å². The Morgan fingerprint density at radius 2 is 1.40 bits per heavy atom. The molecule has 0 unspecified atom stereocenters. The number of carboxylic acid groups (broad SMARTS) is 2. The van der Waals surface area contributed by atoms with Crippen molar-refractivity contribution >= 4 is 60.8 Å². The summed E-state index contributed by atoms with van der Waals surface area (Å²) in [5, 5.41) is 18.2. The van der Waals surface area contributed by atoms with Crippen molar-refractivity contribution in [2.75, 3.05) is 0 Å². The summed E-state index contributed by atoms with van der Waals surface area (Å²) >= 11 is 0. The molecule has 86 valence electrons. The summed E-state index contributed by atoms with van der Waals surface area (Å²) < 4.78 is 0. The Morgan fingerprint density at radius 1 is 1.07 bits per heavy atom. The van der Waals surface area contributed by atoms with E-state index in [2.05, 4.69) is 0 Å². The number of hydrogen-bond donors (Lipinski definition) is 2. The van der Waals surface area contributed by atoms with Gasteiger partial charge in [-0.1, -0.05) is 34.1 Å². The minimum atomic E-state index is -1.68. The molecule has 0 aromatic rings. The van der Waals surface area contributed by atoms with Crippen LogP contribution in [0.4, 0.5) is 0 Å². The molecule has 0 aliphatic rings. The number of rotatable bonds is 4. The summed E-state index contributed by atoms with van der Waals surface area (Å²) in [7, 11) is 0. The first-order valence-electron chi connectivity index (χ1n) is 4.67. The molecule has 0 fully saturated rings. The van der Waals surface area contributed by atoms with Crippen molar-refractivity contribution in [1.82, 2.24) is 0 Å². The molecule has 0 bridgehead atoms. The minimum absolute atomic E-state index is 0. The van der Waals surface area contributed by atoms with Crippen molar-refractivity contribution in [3.05, 3.63) is 0 Å². The molecule has 0 aliphatic carbocycles. The van der Waals surface area contributed by atoms with Crippen LogP contribution >= 0.6 is 0 Å². The summed E-state index contributed by atoms with van der Waals surface area (Å²) in [6, 6.07) is 0. The number of aliphatic carboxylic acids is 2. The van der Waals surface area contributed by atoms with E-state index in [1.165, 1.54) is 0 Å². The quantitative estimate of drug-likeness (QED) is 0.592. The van der Waals surface area contributed by atoms with Gasteiger partial charge in [0.1, 0.15) is 0 Å². The van der Waals surface area contributed by atoms with E-state index in [0.29, 0.717) is 6.42 Å². The summed E-state index contributed by atoms with van der Waals surface area (Å²) in [6.07, 6.45) is 0.692. The first-order chi connectivity index (χ1) is 6.20. The molecule has 2 N–H and O–H groups in total. The molecular weight excluding hydrogens is 321 g/mol. The SMILES string of the molecule is CCCC(C(=O)O)(C(=O)O)C(C)(C)C.[BaH2]. The standard InChI is InChI=1S/C10H18O4.Ba.2H/c1-5-6-10(7(11)12,8(13)14)9(2,3)4;;;/h5-6H2,1-4H3,(H,11,12)(H,13,14);;;. The van der Waals surface area contributed by atoms with E-state index >= 15 is 0 Å². The van der Waals surface area contributed by atoms with E-state index in [4.69, 9.17) is 10.2 Å². The first-order valence-corrected chi connectivity index (χ1v) is 4.67. The van der Waals surface area contributed by atoms with E-state index in [0.717, 1.165) is 0 Å². The molecule has 0 amide bonds. The van der Waals surface area contributed by atoms with Gasteiger partial charge >= 0.3 is 60.8 Å². The Morgan fingerprint density at radius 3 is 1.47 bits per heavy atom. The van der Waals surface area contributed by atoms with Crippen LogP contribution in [0.1, 0.15) is 40.5 Å². The van der Waals surface area contributed by atoms with Crippen molar-refractivity contribution in [3.8, 4) is 0 Å². The zero-order valence-corrected chi connectivity index (χ0v) is 9.13. The molecule has 0 heterocycles. The Balaban J connectivity index is 0. The van der Waals surface area contributed by atoms with Crippen LogP contribution in [-0.4, -0.2) is 71.0 Å². The molecule has 4 nitrogen and oxygen atoms in total. The van der Waals surface area contributed by atoms with Gasteiger partial charge in [-0.2, -0.15) is 0 Å². The van der Waals surface area contributed by atoms with Gasteiger partial charge in [0.05, 0.1) is 0 Å². The van der Waals surface area contributed by atoms with Gasteiger partial charge in [0.15, 0.2) is 5.41 Å². The van der Waals surface area contributed by atoms with E-state index in [9.17, 15) is 9.59 Å². The second-order valence-corrected chi connectivity index (χ2v) is 4.52. The van der Waals surface area contributed by atoms with Crippen molar-refractivity contribution in [2.45, 2.75) is 40.5 Å². The zero-order valence-electron chi connectivity index (χ0n) is 9.13. The van der Waals surface area contributed by atoms with Gasteiger partial charge in [0.2, 0.25) is 0 Å². The van der Waals surface area contributed by atoms with Gasteiger partial charge in [0, 0.05) is 0 Å². The third-order valence-electron chi connectivity index (χ3n) is 2.64. The predicted octanol–water partition coefficient (Wildman–Crippen LogP) is 1.07. The number of hydrogen-bond acceptors (Lipinski definition) is 2. The number of carboxylic acids is 2. The fourth-order valence-electron chi connectivity index (χ4n) is 1.70. The van der Waals surface area contributed by atoms with E-state index in [-0.39, 0.29) is 55.3 Å². The molecule has 0 aromatic heterocycles. The molecule has 0 aromatic carbocycles. The Kier molecular flexibility index (Phi) is 7.51. The molecule has 0 atom stereocenters. The summed E-state index contributed by atoms with van der Waals surface area (Å²) in [5.41, 5.74) is -2.47. The number of carbonyl (C=O) groups is 2. The van der Waals surface area contributed by atoms with Crippen LogP contribution in [-0.2, 0) is 9.59 Å². The van der Waals surface area contributed by atoms with Crippen LogP contribution in [0.3, 0.4) is 0 Å². The van der Waals surface area contributed by atoms with Gasteiger partial charge in [-0.05, 0) is 11.8 Å². The van der Waals surface area contributed by atoms with Crippen LogP contribution in [0.15, 0.2) is 0 Å². The van der Waals surface area contributed by atoms with Crippen LogP contribution in [0.25, 0.3) is 0 Å². The second kappa shape index (κ2) is 6.30. The van der Waals surface area contributed by atoms with Crippen LogP contribution in [0.2, 0.25) is 0 Å². The van der Waals surface area contributed by atoms with Crippen molar-refractivity contribution in [3.63, 3.8) is 0 Å². The Labute approximate surface area is 131 Å². The molecule has 0 saturated carbocycles. The van der Waals surface area contributed by atoms with E-state index in [1.54, 1.807) is 27.7 Å². The van der Waals surface area contributed by atoms with Crippen molar-refractivity contribution in [2.24, 2.45) is 10.8 Å². The molecule has 0 saturated heterocycles. The molecule has 0 aliphatic heterocycles. The fraction of sp³-hybridized carbons (Fsp3) is 0.800. The van der Waals surface area contributed by atoms with Crippen molar-refractivity contribution in [1.29, 1.82) is 0 Å². The summed E-state index contributed by atoms with van der Waals surface area (Å²) in [5.74, 6) is -2.50. The Hall–Kier alpha value is 0.511. The molecule has 0 rings (SSSR count). The molecule has 0 spiro atoms. The summed E-state index contributed by atoms with van der Waals surface area (Å²) in [6.45, 7) is 6.72. The molecular formula is C10H20BaO4. The van der Waals surface area contributed by atoms with Gasteiger partial charge in [-0.15, -0.1) is 0 Å². The van der Waals surface area contributed by atoms with E-state index < -0.39 is 22.8 Å². The third kappa shape index (κ3) is 3.49. The topological polar surface area (TPSA) is 74.6 Å². The summed E-state index contributed by atoms with van der Waals surface area (Å²) in [4.78, 5) is 22.2. The van der Waals surface area contributed by atoms with E-state index in [1.807, 2.05) is 0 Å². The monoisotopic (exact) mass is 342 g/mol. The molecule has 15 heavy (non-hydrogen) atoms. The third-order valence-corrected chi connectivity index (χ3v) is 2.64. The second-order valence-electron chi connectivity index (χ2n) is 4.52. The molecule has 0 radical (unpaired) electrons. The first kappa shape index (κ1) is 17.9. The fourth-order valence-corrected chi connectivity index (χ4v) is 1.70. The van der Waals surface area contributed by atoms with Gasteiger partial charge in [-0.25, -0.2) is 0 Å². The zero-order chi connectivity index (χ0) is 11.6. The normalized spacial score (nSPS) is 11.7. The average Bonchev–Trinajstić information content (AvgIpc) is 1.95. The van der Waals surface area contributed by atoms with Gasteiger partial charge in [-0.3, -0.25) is 9.59 Å². The van der Waals surface area contributed by atoms with Crippen LogP contribution in [0.5, 0.6) is 0 Å². The maximum absolute atomic E-state index is 11.1. The predicted molar refractivity (Wildman–Crippen MR) is 60.6 cm³/mol. The average molecular weight is 342 g/mol. The van der Waals surface area contributed by atoms with Gasteiger partial charge in [0.25, 0.3) is 0 Å². The van der Waals surface area contributed by atoms with Crippen LogP contribution in [0, 0.1) is 10.8 Å².